The first kappa shape index (κ1) is 24.4. The van der Waals surface area contributed by atoms with E-state index >= 15 is 0 Å². The molecule has 2 amide bonds. The van der Waals surface area contributed by atoms with Gasteiger partial charge < -0.3 is 15.2 Å². The average molecular weight is 493 g/mol. The number of hydrogen-bond donors (Lipinski definition) is 2. The van der Waals surface area contributed by atoms with Crippen LogP contribution in [0.4, 0.5) is 4.39 Å². The lowest BCUT2D eigenvalue weighted by molar-refractivity contribution is -0.126. The number of aryl methyl sites for hydroxylation is 1. The molecule has 2 N–H and O–H groups in total. The van der Waals surface area contributed by atoms with Crippen molar-refractivity contribution in [2.24, 2.45) is 7.05 Å². The van der Waals surface area contributed by atoms with E-state index in [4.69, 9.17) is 4.98 Å². The number of carbonyl (C=O) groups excluding carboxylic acids is 2. The van der Waals surface area contributed by atoms with Crippen LogP contribution in [0.25, 0.3) is 11.0 Å². The molecule has 9 heteroatoms. The summed E-state index contributed by atoms with van der Waals surface area (Å²) in [6.45, 7) is 2.33. The van der Waals surface area contributed by atoms with Gasteiger partial charge in [0.15, 0.2) is 0 Å². The van der Waals surface area contributed by atoms with Gasteiger partial charge in [0.1, 0.15) is 17.7 Å². The van der Waals surface area contributed by atoms with Gasteiger partial charge in [-0.05, 0) is 49.7 Å². The molecule has 190 valence electrons. The molecule has 0 bridgehead atoms. The zero-order valence-corrected chi connectivity index (χ0v) is 20.8. The Hall–Kier alpha value is -3.30. The van der Waals surface area contributed by atoms with Gasteiger partial charge in [0, 0.05) is 45.2 Å². The highest BCUT2D eigenvalue weighted by Crippen LogP contribution is 2.29. The second-order valence-electron chi connectivity index (χ2n) is 9.85. The van der Waals surface area contributed by atoms with Gasteiger partial charge in [-0.15, -0.1) is 0 Å². The number of amides is 2. The molecule has 2 saturated heterocycles. The van der Waals surface area contributed by atoms with Gasteiger partial charge in [-0.1, -0.05) is 24.3 Å². The van der Waals surface area contributed by atoms with E-state index in [0.29, 0.717) is 32.5 Å². The number of nitrogens with zero attached hydrogens (tertiary/aromatic N) is 4. The van der Waals surface area contributed by atoms with Crippen LogP contribution in [0.5, 0.6) is 0 Å². The van der Waals surface area contributed by atoms with Gasteiger partial charge in [-0.25, -0.2) is 9.37 Å². The van der Waals surface area contributed by atoms with E-state index in [9.17, 15) is 14.0 Å². The summed E-state index contributed by atoms with van der Waals surface area (Å²) in [4.78, 5) is 34.9. The van der Waals surface area contributed by atoms with Gasteiger partial charge in [0.25, 0.3) is 0 Å². The molecule has 2 aromatic carbocycles. The molecule has 36 heavy (non-hydrogen) atoms. The van der Waals surface area contributed by atoms with Gasteiger partial charge in [-0.3, -0.25) is 19.4 Å². The quantitative estimate of drug-likeness (QED) is 0.529. The number of para-hydroxylation sites is 2. The molecule has 2 aliphatic heterocycles. The van der Waals surface area contributed by atoms with Crippen LogP contribution in [0.1, 0.15) is 30.7 Å². The number of nitrogens with one attached hydrogen (secondary N) is 2. The maximum Gasteiger partial charge on any atom is 0.239 e. The Kier molecular flexibility index (Phi) is 7.02. The third kappa shape index (κ3) is 4.99. The summed E-state index contributed by atoms with van der Waals surface area (Å²) in [5.41, 5.74) is 2.91. The summed E-state index contributed by atoms with van der Waals surface area (Å²) < 4.78 is 15.2. The third-order valence-electron chi connectivity index (χ3n) is 7.68. The van der Waals surface area contributed by atoms with Crippen molar-refractivity contribution in [3.63, 3.8) is 0 Å². The first-order valence-corrected chi connectivity index (χ1v) is 12.6. The number of aromatic nitrogens is 2. The van der Waals surface area contributed by atoms with Crippen molar-refractivity contribution in [1.82, 2.24) is 30.0 Å². The van der Waals surface area contributed by atoms with Crippen LogP contribution < -0.4 is 10.6 Å². The van der Waals surface area contributed by atoms with E-state index in [0.717, 1.165) is 35.4 Å². The molecule has 3 atom stereocenters. The molecule has 8 nitrogen and oxygen atoms in total. The summed E-state index contributed by atoms with van der Waals surface area (Å²) >= 11 is 0. The minimum Gasteiger partial charge on any atom is -0.353 e. The van der Waals surface area contributed by atoms with Crippen molar-refractivity contribution in [2.45, 2.75) is 50.5 Å². The van der Waals surface area contributed by atoms with E-state index < -0.39 is 0 Å². The number of likely N-dealkylation sites (tertiary alicyclic amines) is 1. The van der Waals surface area contributed by atoms with Crippen LogP contribution in [0, 0.1) is 5.82 Å². The fourth-order valence-electron chi connectivity index (χ4n) is 5.53. The number of hydrogen-bond acceptors (Lipinski definition) is 5. The smallest absolute Gasteiger partial charge is 0.239 e. The normalized spacial score (nSPS) is 22.9. The number of halogens is 1. The molecular weight excluding hydrogens is 459 g/mol. The molecule has 2 aliphatic rings. The lowest BCUT2D eigenvalue weighted by Crippen LogP contribution is -2.49. The van der Waals surface area contributed by atoms with E-state index in [1.165, 1.54) is 12.1 Å². The van der Waals surface area contributed by atoms with Crippen LogP contribution in [-0.4, -0.2) is 69.4 Å². The Morgan fingerprint density at radius 3 is 2.72 bits per heavy atom. The maximum absolute atomic E-state index is 13.2. The Bertz CT molecular complexity index is 1240. The third-order valence-corrected chi connectivity index (χ3v) is 7.68. The van der Waals surface area contributed by atoms with Crippen molar-refractivity contribution in [2.75, 3.05) is 20.1 Å². The Morgan fingerprint density at radius 1 is 1.17 bits per heavy atom. The lowest BCUT2D eigenvalue weighted by atomic mass is 10.0. The van der Waals surface area contributed by atoms with E-state index in [1.54, 1.807) is 12.1 Å². The molecule has 0 unspecified atom stereocenters. The highest BCUT2D eigenvalue weighted by atomic mass is 19.1. The van der Waals surface area contributed by atoms with E-state index in [-0.39, 0.29) is 35.8 Å². The highest BCUT2D eigenvalue weighted by Gasteiger charge is 2.45. The summed E-state index contributed by atoms with van der Waals surface area (Å²) in [6.07, 6.45) is 1.92. The van der Waals surface area contributed by atoms with Crippen molar-refractivity contribution in [3.8, 4) is 0 Å². The summed E-state index contributed by atoms with van der Waals surface area (Å²) in [5.74, 6) is 0.660. The largest absolute Gasteiger partial charge is 0.353 e. The SMILES string of the molecule is CN1[C@@H](CCC(=O)NCc2ccc(F)cc2)CNC(=O)[C@@H]2[C@@H]1CCN2Cc1nc2ccccc2n1C. The van der Waals surface area contributed by atoms with Gasteiger partial charge in [0.05, 0.1) is 17.6 Å². The van der Waals surface area contributed by atoms with Crippen LogP contribution in [0.3, 0.4) is 0 Å². The van der Waals surface area contributed by atoms with Crippen LogP contribution in [0.2, 0.25) is 0 Å². The van der Waals surface area contributed by atoms with Crippen molar-refractivity contribution in [1.29, 1.82) is 0 Å². The van der Waals surface area contributed by atoms with Crippen LogP contribution >= 0.6 is 0 Å². The minimum absolute atomic E-state index is 0.0465. The van der Waals surface area contributed by atoms with Crippen molar-refractivity contribution < 1.29 is 14.0 Å². The molecule has 1 aromatic heterocycles. The van der Waals surface area contributed by atoms with E-state index in [2.05, 4.69) is 38.1 Å². The second-order valence-corrected chi connectivity index (χ2v) is 9.85. The second kappa shape index (κ2) is 10.4. The summed E-state index contributed by atoms with van der Waals surface area (Å²) in [6, 6.07) is 14.1. The molecule has 3 heterocycles. The zero-order chi connectivity index (χ0) is 25.2. The van der Waals surface area contributed by atoms with Crippen molar-refractivity contribution >= 4 is 22.8 Å². The van der Waals surface area contributed by atoms with Crippen LogP contribution in [-0.2, 0) is 29.7 Å². The number of fused-ring (bicyclic) bond motifs is 2. The standard InChI is InChI=1S/C27H33FN6O2/c1-32-20(11-12-25(35)29-15-18-7-9-19(28)10-8-18)16-30-27(36)26-23(32)13-14-34(26)17-24-31-21-5-3-4-6-22(21)33(24)2/h3-10,20,23,26H,11-17H2,1-2H3,(H,29,35)(H,30,36)/t20-,23-,26-/m0/s1. The predicted octanol–water partition coefficient (Wildman–Crippen LogP) is 2.18. The fraction of sp³-hybridized carbons (Fsp3) is 0.444. The summed E-state index contributed by atoms with van der Waals surface area (Å²) in [5, 5.41) is 6.03. The molecule has 3 aromatic rings. The van der Waals surface area contributed by atoms with Crippen molar-refractivity contribution in [3.05, 3.63) is 65.7 Å². The van der Waals surface area contributed by atoms with Gasteiger partial charge in [-0.2, -0.15) is 0 Å². The Morgan fingerprint density at radius 2 is 1.94 bits per heavy atom. The molecular formula is C27H33FN6O2. The molecule has 2 fully saturated rings. The Labute approximate surface area is 210 Å². The first-order valence-electron chi connectivity index (χ1n) is 12.6. The maximum atomic E-state index is 13.2. The van der Waals surface area contributed by atoms with Gasteiger partial charge >= 0.3 is 0 Å². The molecule has 0 radical (unpaired) electrons. The number of rotatable bonds is 7. The number of benzene rings is 2. The highest BCUT2D eigenvalue weighted by molar-refractivity contribution is 5.83. The molecule has 0 saturated carbocycles. The molecule has 0 aliphatic carbocycles. The topological polar surface area (TPSA) is 82.5 Å². The van der Waals surface area contributed by atoms with Crippen LogP contribution in [0.15, 0.2) is 48.5 Å². The number of carbonyl (C=O) groups is 2. The minimum atomic E-state index is -0.291. The number of imidazole rings is 1. The summed E-state index contributed by atoms with van der Waals surface area (Å²) in [7, 11) is 4.09. The molecule has 5 rings (SSSR count). The van der Waals surface area contributed by atoms with E-state index in [1.807, 2.05) is 25.2 Å². The monoisotopic (exact) mass is 492 g/mol. The predicted molar refractivity (Wildman–Crippen MR) is 135 cm³/mol. The van der Waals surface area contributed by atoms with Gasteiger partial charge in [0.2, 0.25) is 11.8 Å². The first-order chi connectivity index (χ1) is 17.4. The lowest BCUT2D eigenvalue weighted by Gasteiger charge is -2.33. The molecule has 0 spiro atoms. The zero-order valence-electron chi connectivity index (χ0n) is 20.8. The number of likely N-dealkylation sites (N-methyl/N-ethyl adjacent to an activating group) is 1. The Balaban J connectivity index is 1.19. The average Bonchev–Trinajstić information content (AvgIpc) is 3.41. The fourth-order valence-corrected chi connectivity index (χ4v) is 5.53.